The molecule has 120 valence electrons. The summed E-state index contributed by atoms with van der Waals surface area (Å²) in [6.45, 7) is 7.83. The molecule has 1 aliphatic rings. The molecule has 0 spiro atoms. The molecule has 23 heavy (non-hydrogen) atoms. The van der Waals surface area contributed by atoms with Crippen molar-refractivity contribution in [2.24, 2.45) is 0 Å². The second-order valence-electron chi connectivity index (χ2n) is 5.86. The largest absolute Gasteiger partial charge is 0.328 e. The second kappa shape index (κ2) is 5.86. The van der Waals surface area contributed by atoms with E-state index in [1.165, 1.54) is 5.69 Å². The molecule has 1 aliphatic heterocycles. The summed E-state index contributed by atoms with van der Waals surface area (Å²) in [4.78, 5) is 15.7. The van der Waals surface area contributed by atoms with Crippen LogP contribution in [0, 0.1) is 6.92 Å². The van der Waals surface area contributed by atoms with Gasteiger partial charge in [-0.3, -0.25) is 4.90 Å². The molecule has 1 atom stereocenters. The van der Waals surface area contributed by atoms with Crippen molar-refractivity contribution in [3.05, 3.63) is 46.5 Å². The Balaban J connectivity index is 1.53. The molecule has 4 rings (SSSR count). The van der Waals surface area contributed by atoms with E-state index in [1.54, 1.807) is 24.0 Å². The van der Waals surface area contributed by atoms with E-state index < -0.39 is 0 Å². The number of aryl methyl sites for hydroxylation is 1. The summed E-state index contributed by atoms with van der Waals surface area (Å²) in [5.41, 5.74) is 2.34. The minimum Gasteiger partial charge on any atom is -0.328 e. The highest BCUT2D eigenvalue weighted by atomic mass is 32.1. The van der Waals surface area contributed by atoms with Crippen molar-refractivity contribution < 1.29 is 0 Å². The highest BCUT2D eigenvalue weighted by Crippen LogP contribution is 2.27. The van der Waals surface area contributed by atoms with Gasteiger partial charge in [-0.05, 0) is 13.8 Å². The number of hydrogen-bond donors (Lipinski definition) is 0. The maximum Gasteiger partial charge on any atom is 0.137 e. The van der Waals surface area contributed by atoms with Gasteiger partial charge in [-0.1, -0.05) is 0 Å². The normalized spacial score (nSPS) is 18.3. The Hall–Kier alpha value is -2.06. The summed E-state index contributed by atoms with van der Waals surface area (Å²) < 4.78 is 4.15. The molecule has 3 aromatic heterocycles. The topological polar surface area (TPSA) is 64.7 Å². The lowest BCUT2D eigenvalue weighted by Crippen LogP contribution is -2.37. The Morgan fingerprint density at radius 1 is 1.30 bits per heavy atom. The van der Waals surface area contributed by atoms with E-state index in [1.807, 2.05) is 10.9 Å². The third-order valence-corrected chi connectivity index (χ3v) is 5.15. The summed E-state index contributed by atoms with van der Waals surface area (Å²) >= 11 is 1.71. The Labute approximate surface area is 138 Å². The van der Waals surface area contributed by atoms with Gasteiger partial charge < -0.3 is 4.57 Å². The van der Waals surface area contributed by atoms with E-state index in [9.17, 15) is 0 Å². The van der Waals surface area contributed by atoms with Crippen molar-refractivity contribution in [3.63, 3.8) is 0 Å². The zero-order valence-corrected chi connectivity index (χ0v) is 14.1. The Bertz CT molecular complexity index is 789. The fourth-order valence-corrected chi connectivity index (χ4v) is 3.72. The quantitative estimate of drug-likeness (QED) is 0.731. The second-order valence-corrected chi connectivity index (χ2v) is 6.92. The highest BCUT2D eigenvalue weighted by Gasteiger charge is 2.27. The first-order valence-corrected chi connectivity index (χ1v) is 8.60. The van der Waals surface area contributed by atoms with Crippen molar-refractivity contribution in [2.45, 2.75) is 39.5 Å². The lowest BCUT2D eigenvalue weighted by Gasteiger charge is -2.33. The van der Waals surface area contributed by atoms with Crippen LogP contribution < -0.4 is 0 Å². The van der Waals surface area contributed by atoms with Gasteiger partial charge in [0.1, 0.15) is 18.5 Å². The summed E-state index contributed by atoms with van der Waals surface area (Å²) in [6.07, 6.45) is 5.26. The van der Waals surface area contributed by atoms with E-state index >= 15 is 0 Å². The van der Waals surface area contributed by atoms with Crippen LogP contribution in [0.4, 0.5) is 0 Å². The van der Waals surface area contributed by atoms with E-state index in [4.69, 9.17) is 0 Å². The van der Waals surface area contributed by atoms with Crippen LogP contribution in [0.15, 0.2) is 24.2 Å². The highest BCUT2D eigenvalue weighted by molar-refractivity contribution is 7.09. The number of nitrogens with zero attached hydrogens (tertiary/aromatic N) is 7. The minimum atomic E-state index is 0.287. The van der Waals surface area contributed by atoms with Gasteiger partial charge in [-0.2, -0.15) is 5.10 Å². The SMILES string of the molecule is Cc1nc(CN2CCn3c(Cn4cncn4)cnc3C2C)cs1. The molecule has 0 radical (unpaired) electrons. The van der Waals surface area contributed by atoms with E-state index in [2.05, 4.69) is 48.7 Å². The fraction of sp³-hybridized carbons (Fsp3) is 0.467. The standard InChI is InChI=1S/C15H19N7S/c1-11-15-17-5-14(7-21-10-16-9-18-21)22(15)4-3-20(11)6-13-8-23-12(2)19-13/h5,8-11H,3-4,6-7H2,1-2H3. The first-order chi connectivity index (χ1) is 11.2. The number of imidazole rings is 1. The molecule has 0 saturated heterocycles. The molecular weight excluding hydrogens is 310 g/mol. The average molecular weight is 329 g/mol. The lowest BCUT2D eigenvalue weighted by molar-refractivity contribution is 0.153. The first-order valence-electron chi connectivity index (χ1n) is 7.72. The van der Waals surface area contributed by atoms with Gasteiger partial charge in [-0.15, -0.1) is 11.3 Å². The van der Waals surface area contributed by atoms with E-state index in [0.29, 0.717) is 6.54 Å². The van der Waals surface area contributed by atoms with Crippen LogP contribution in [0.2, 0.25) is 0 Å². The van der Waals surface area contributed by atoms with Crippen LogP contribution in [-0.4, -0.2) is 40.7 Å². The van der Waals surface area contributed by atoms with Gasteiger partial charge in [0, 0.05) is 25.0 Å². The predicted molar refractivity (Wildman–Crippen MR) is 87.0 cm³/mol. The van der Waals surface area contributed by atoms with Crippen LogP contribution >= 0.6 is 11.3 Å². The zero-order valence-electron chi connectivity index (χ0n) is 13.3. The molecule has 0 fully saturated rings. The van der Waals surface area contributed by atoms with Crippen molar-refractivity contribution in [1.82, 2.24) is 34.2 Å². The molecule has 1 unspecified atom stereocenters. The molecule has 0 saturated carbocycles. The molecule has 8 heteroatoms. The van der Waals surface area contributed by atoms with Gasteiger partial charge in [0.15, 0.2) is 0 Å². The molecular formula is C15H19N7S. The van der Waals surface area contributed by atoms with Gasteiger partial charge >= 0.3 is 0 Å². The average Bonchev–Trinajstić information content (AvgIpc) is 3.25. The number of hydrogen-bond acceptors (Lipinski definition) is 6. The maximum absolute atomic E-state index is 4.66. The number of thiazole rings is 1. The molecule has 0 aliphatic carbocycles. The first kappa shape index (κ1) is 14.5. The van der Waals surface area contributed by atoms with Crippen molar-refractivity contribution >= 4 is 11.3 Å². The lowest BCUT2D eigenvalue weighted by atomic mass is 10.2. The van der Waals surface area contributed by atoms with Crippen LogP contribution in [-0.2, 0) is 19.6 Å². The molecule has 7 nitrogen and oxygen atoms in total. The Morgan fingerprint density at radius 3 is 2.96 bits per heavy atom. The summed E-state index contributed by atoms with van der Waals surface area (Å²) in [5.74, 6) is 1.12. The van der Waals surface area contributed by atoms with Gasteiger partial charge in [0.25, 0.3) is 0 Å². The summed E-state index contributed by atoms with van der Waals surface area (Å²) in [7, 11) is 0. The minimum absolute atomic E-state index is 0.287. The van der Waals surface area contributed by atoms with Gasteiger partial charge in [0.05, 0.1) is 35.2 Å². The molecule has 4 heterocycles. The third kappa shape index (κ3) is 2.79. The van der Waals surface area contributed by atoms with Crippen molar-refractivity contribution in [1.29, 1.82) is 0 Å². The van der Waals surface area contributed by atoms with Crippen LogP contribution in [0.25, 0.3) is 0 Å². The van der Waals surface area contributed by atoms with Gasteiger partial charge in [-0.25, -0.2) is 19.6 Å². The smallest absolute Gasteiger partial charge is 0.137 e. The number of fused-ring (bicyclic) bond motifs is 1. The van der Waals surface area contributed by atoms with E-state index in [0.717, 1.165) is 36.2 Å². The number of aromatic nitrogens is 6. The molecule has 0 amide bonds. The van der Waals surface area contributed by atoms with Gasteiger partial charge in [0.2, 0.25) is 0 Å². The Morgan fingerprint density at radius 2 is 2.22 bits per heavy atom. The fourth-order valence-electron chi connectivity index (χ4n) is 3.12. The Kier molecular flexibility index (Phi) is 3.70. The summed E-state index contributed by atoms with van der Waals surface area (Å²) in [5, 5.41) is 7.46. The van der Waals surface area contributed by atoms with Crippen LogP contribution in [0.5, 0.6) is 0 Å². The monoisotopic (exact) mass is 329 g/mol. The maximum atomic E-state index is 4.66. The van der Waals surface area contributed by atoms with Crippen LogP contribution in [0.1, 0.15) is 35.2 Å². The molecule has 3 aromatic rings. The van der Waals surface area contributed by atoms with E-state index in [-0.39, 0.29) is 6.04 Å². The molecule has 0 N–H and O–H groups in total. The zero-order chi connectivity index (χ0) is 15.8. The third-order valence-electron chi connectivity index (χ3n) is 4.32. The van der Waals surface area contributed by atoms with Crippen molar-refractivity contribution in [3.8, 4) is 0 Å². The van der Waals surface area contributed by atoms with Crippen molar-refractivity contribution in [2.75, 3.05) is 6.54 Å². The molecule has 0 aromatic carbocycles. The summed E-state index contributed by atoms with van der Waals surface area (Å²) in [6, 6.07) is 0.287. The molecule has 0 bridgehead atoms. The number of rotatable bonds is 4. The predicted octanol–water partition coefficient (Wildman–Crippen LogP) is 1.86. The van der Waals surface area contributed by atoms with Crippen LogP contribution in [0.3, 0.4) is 0 Å².